The van der Waals surface area contributed by atoms with Crippen LogP contribution in [0.25, 0.3) is 10.9 Å². The molecule has 2 heterocycles. The summed E-state index contributed by atoms with van der Waals surface area (Å²) in [6, 6.07) is 6.55. The average Bonchev–Trinajstić information content (AvgIpc) is 2.95. The smallest absolute Gasteiger partial charge is 0.143 e. The van der Waals surface area contributed by atoms with Crippen molar-refractivity contribution >= 4 is 10.9 Å². The third-order valence-corrected chi connectivity index (χ3v) is 3.58. The number of nitrogens with one attached hydrogen (secondary N) is 2. The number of H-pyrrole nitrogens is 1. The molecule has 1 saturated heterocycles. The molecule has 1 aromatic heterocycles. The Kier molecular flexibility index (Phi) is 2.56. The van der Waals surface area contributed by atoms with Crippen molar-refractivity contribution in [3.05, 3.63) is 29.5 Å². The van der Waals surface area contributed by atoms with Gasteiger partial charge in [0.05, 0.1) is 12.6 Å². The number of aromatic amines is 1. The van der Waals surface area contributed by atoms with Crippen LogP contribution in [0.3, 0.4) is 0 Å². The molecule has 0 radical (unpaired) electrons. The van der Waals surface area contributed by atoms with Crippen LogP contribution in [0.5, 0.6) is 5.75 Å². The molecular weight excluding hydrogens is 212 g/mol. The maximum atomic E-state index is 5.44. The van der Waals surface area contributed by atoms with Crippen molar-refractivity contribution in [3.63, 3.8) is 0 Å². The van der Waals surface area contributed by atoms with Gasteiger partial charge in [-0.1, -0.05) is 0 Å². The van der Waals surface area contributed by atoms with Crippen molar-refractivity contribution in [2.75, 3.05) is 20.2 Å². The van der Waals surface area contributed by atoms with E-state index in [-0.39, 0.29) is 0 Å². The minimum Gasteiger partial charge on any atom is -0.495 e. The summed E-state index contributed by atoms with van der Waals surface area (Å²) in [7, 11) is 1.73. The van der Waals surface area contributed by atoms with Crippen molar-refractivity contribution in [3.8, 4) is 5.75 Å². The molecule has 1 aliphatic heterocycles. The van der Waals surface area contributed by atoms with Crippen molar-refractivity contribution < 1.29 is 4.74 Å². The van der Waals surface area contributed by atoms with Crippen LogP contribution < -0.4 is 10.1 Å². The maximum Gasteiger partial charge on any atom is 0.143 e. The summed E-state index contributed by atoms with van der Waals surface area (Å²) in [6.45, 7) is 4.30. The summed E-state index contributed by atoms with van der Waals surface area (Å²) in [6.07, 6.45) is 1.22. The Morgan fingerprint density at radius 2 is 2.18 bits per heavy atom. The van der Waals surface area contributed by atoms with Gasteiger partial charge in [-0.25, -0.2) is 0 Å². The SMILES string of the molecule is COc1cc(C)cc2cc(C3CCNC3)[nH]c12. The Labute approximate surface area is 101 Å². The van der Waals surface area contributed by atoms with E-state index in [9.17, 15) is 0 Å². The van der Waals surface area contributed by atoms with Gasteiger partial charge in [-0.2, -0.15) is 0 Å². The molecule has 3 nitrogen and oxygen atoms in total. The van der Waals surface area contributed by atoms with Crippen LogP contribution in [0.4, 0.5) is 0 Å². The summed E-state index contributed by atoms with van der Waals surface area (Å²) in [5, 5.41) is 4.66. The second-order valence-electron chi connectivity index (χ2n) is 4.85. The predicted octanol–water partition coefficient (Wildman–Crippen LogP) is 2.56. The fourth-order valence-electron chi connectivity index (χ4n) is 2.68. The molecule has 0 aliphatic carbocycles. The normalized spacial score (nSPS) is 20.0. The van der Waals surface area contributed by atoms with Gasteiger partial charge < -0.3 is 15.0 Å². The van der Waals surface area contributed by atoms with Crippen LogP contribution in [-0.2, 0) is 0 Å². The lowest BCUT2D eigenvalue weighted by atomic mass is 10.1. The highest BCUT2D eigenvalue weighted by molar-refractivity contribution is 5.87. The Balaban J connectivity index is 2.11. The Hall–Kier alpha value is -1.48. The molecule has 1 unspecified atom stereocenters. The van der Waals surface area contributed by atoms with Gasteiger partial charge in [0.2, 0.25) is 0 Å². The van der Waals surface area contributed by atoms with Gasteiger partial charge in [0.25, 0.3) is 0 Å². The number of ether oxygens (including phenoxy) is 1. The Bertz CT molecular complexity index is 538. The standard InChI is InChI=1S/C14H18N2O/c1-9-5-11-7-12(10-3-4-15-8-10)16-14(11)13(6-9)17-2/h5-7,10,15-16H,3-4,8H2,1-2H3. The van der Waals surface area contributed by atoms with Crippen LogP contribution in [-0.4, -0.2) is 25.2 Å². The molecular formula is C14H18N2O. The van der Waals surface area contributed by atoms with Gasteiger partial charge in [0, 0.05) is 23.5 Å². The summed E-state index contributed by atoms with van der Waals surface area (Å²) < 4.78 is 5.44. The number of fused-ring (bicyclic) bond motifs is 1. The third kappa shape index (κ3) is 1.80. The van der Waals surface area contributed by atoms with E-state index in [2.05, 4.69) is 35.4 Å². The minimum absolute atomic E-state index is 0.618. The molecule has 0 bridgehead atoms. The quantitative estimate of drug-likeness (QED) is 0.832. The van der Waals surface area contributed by atoms with Crippen LogP contribution in [0.15, 0.2) is 18.2 Å². The lowest BCUT2D eigenvalue weighted by Crippen LogP contribution is -2.07. The van der Waals surface area contributed by atoms with E-state index in [1.54, 1.807) is 7.11 Å². The summed E-state index contributed by atoms with van der Waals surface area (Å²) in [5.74, 6) is 1.56. The molecule has 0 amide bonds. The molecule has 0 saturated carbocycles. The van der Waals surface area contributed by atoms with Crippen molar-refractivity contribution in [2.24, 2.45) is 0 Å². The van der Waals surface area contributed by atoms with E-state index in [0.29, 0.717) is 5.92 Å². The highest BCUT2D eigenvalue weighted by Crippen LogP contribution is 2.31. The van der Waals surface area contributed by atoms with E-state index in [1.165, 1.54) is 23.1 Å². The van der Waals surface area contributed by atoms with Gasteiger partial charge in [-0.05, 0) is 43.7 Å². The first kappa shape index (κ1) is 10.7. The first-order valence-corrected chi connectivity index (χ1v) is 6.16. The lowest BCUT2D eigenvalue weighted by molar-refractivity contribution is 0.418. The second kappa shape index (κ2) is 4.08. The molecule has 1 atom stereocenters. The van der Waals surface area contributed by atoms with Gasteiger partial charge in [0.1, 0.15) is 5.75 Å². The number of hydrogen-bond acceptors (Lipinski definition) is 2. The molecule has 3 rings (SSSR count). The van der Waals surface area contributed by atoms with Crippen molar-refractivity contribution in [1.82, 2.24) is 10.3 Å². The van der Waals surface area contributed by atoms with E-state index < -0.39 is 0 Å². The third-order valence-electron chi connectivity index (χ3n) is 3.58. The van der Waals surface area contributed by atoms with Crippen LogP contribution in [0, 0.1) is 6.92 Å². The average molecular weight is 230 g/mol. The van der Waals surface area contributed by atoms with Crippen molar-refractivity contribution in [2.45, 2.75) is 19.3 Å². The van der Waals surface area contributed by atoms with E-state index in [1.807, 2.05) is 0 Å². The first-order valence-electron chi connectivity index (χ1n) is 6.16. The number of aryl methyl sites for hydroxylation is 1. The zero-order valence-corrected chi connectivity index (χ0v) is 10.3. The number of benzene rings is 1. The first-order chi connectivity index (χ1) is 8.28. The fourth-order valence-corrected chi connectivity index (χ4v) is 2.68. The van der Waals surface area contributed by atoms with Gasteiger partial charge in [-0.3, -0.25) is 0 Å². The van der Waals surface area contributed by atoms with E-state index in [0.717, 1.165) is 24.4 Å². The molecule has 0 spiro atoms. The summed E-state index contributed by atoms with van der Waals surface area (Å²) in [5.41, 5.74) is 3.69. The molecule has 3 heteroatoms. The zero-order valence-electron chi connectivity index (χ0n) is 10.3. The highest BCUT2D eigenvalue weighted by atomic mass is 16.5. The monoisotopic (exact) mass is 230 g/mol. The summed E-state index contributed by atoms with van der Waals surface area (Å²) in [4.78, 5) is 3.52. The van der Waals surface area contributed by atoms with Crippen LogP contribution in [0.2, 0.25) is 0 Å². The molecule has 17 heavy (non-hydrogen) atoms. The maximum absolute atomic E-state index is 5.44. The number of rotatable bonds is 2. The molecule has 1 fully saturated rings. The fraction of sp³-hybridized carbons (Fsp3) is 0.429. The predicted molar refractivity (Wildman–Crippen MR) is 69.8 cm³/mol. The van der Waals surface area contributed by atoms with Gasteiger partial charge >= 0.3 is 0 Å². The van der Waals surface area contributed by atoms with Crippen molar-refractivity contribution in [1.29, 1.82) is 0 Å². The number of hydrogen-bond donors (Lipinski definition) is 2. The largest absolute Gasteiger partial charge is 0.495 e. The summed E-state index contributed by atoms with van der Waals surface area (Å²) >= 11 is 0. The van der Waals surface area contributed by atoms with Gasteiger partial charge in [-0.15, -0.1) is 0 Å². The molecule has 1 aliphatic rings. The van der Waals surface area contributed by atoms with Crippen LogP contribution >= 0.6 is 0 Å². The second-order valence-corrected chi connectivity index (χ2v) is 4.85. The Morgan fingerprint density at radius 3 is 2.88 bits per heavy atom. The molecule has 90 valence electrons. The number of aromatic nitrogens is 1. The Morgan fingerprint density at radius 1 is 1.29 bits per heavy atom. The zero-order chi connectivity index (χ0) is 11.8. The van der Waals surface area contributed by atoms with Crippen LogP contribution in [0.1, 0.15) is 23.6 Å². The molecule has 1 aromatic carbocycles. The van der Waals surface area contributed by atoms with E-state index >= 15 is 0 Å². The lowest BCUT2D eigenvalue weighted by Gasteiger charge is -2.05. The molecule has 2 N–H and O–H groups in total. The number of methoxy groups -OCH3 is 1. The topological polar surface area (TPSA) is 37.0 Å². The highest BCUT2D eigenvalue weighted by Gasteiger charge is 2.19. The minimum atomic E-state index is 0.618. The molecule has 2 aromatic rings. The van der Waals surface area contributed by atoms with Gasteiger partial charge in [0.15, 0.2) is 0 Å². The van der Waals surface area contributed by atoms with E-state index in [4.69, 9.17) is 4.74 Å².